The molecule has 1 aromatic heterocycles. The number of amides is 1. The molecule has 1 amide bonds. The van der Waals surface area contributed by atoms with Crippen molar-refractivity contribution in [3.8, 4) is 0 Å². The Labute approximate surface area is 92.9 Å². The monoisotopic (exact) mass is 216 g/mol. The average Bonchev–Trinajstić information content (AvgIpc) is 2.64. The van der Waals surface area contributed by atoms with Gasteiger partial charge in [0.1, 0.15) is 0 Å². The molecule has 0 aliphatic heterocycles. The Morgan fingerprint density at radius 1 is 1.44 bits per heavy atom. The molecule has 0 spiro atoms. The molecule has 5 heteroatoms. The molecule has 0 unspecified atom stereocenters. The third kappa shape index (κ3) is 2.20. The average molecular weight is 216 g/mol. The summed E-state index contributed by atoms with van der Waals surface area (Å²) in [4.78, 5) is 11.8. The van der Waals surface area contributed by atoms with Gasteiger partial charge < -0.3 is 11.1 Å². The number of nitrogens with two attached hydrogens (primary N) is 1. The van der Waals surface area contributed by atoms with Gasteiger partial charge in [-0.2, -0.15) is 5.10 Å². The molecule has 2 aromatic rings. The predicted octanol–water partition coefficient (Wildman–Crippen LogP) is 1.25. The van der Waals surface area contributed by atoms with Crippen LogP contribution in [0.15, 0.2) is 36.5 Å². The molecule has 0 bridgehead atoms. The van der Waals surface area contributed by atoms with Crippen molar-refractivity contribution in [1.29, 1.82) is 0 Å². The smallest absolute Gasteiger partial charge is 0.256 e. The lowest BCUT2D eigenvalue weighted by Gasteiger charge is -2.02. The van der Waals surface area contributed by atoms with E-state index in [4.69, 9.17) is 5.73 Å². The highest BCUT2D eigenvalue weighted by atomic mass is 16.1. The molecule has 16 heavy (non-hydrogen) atoms. The van der Waals surface area contributed by atoms with E-state index >= 15 is 0 Å². The van der Waals surface area contributed by atoms with E-state index in [1.807, 2.05) is 0 Å². The zero-order valence-corrected chi connectivity index (χ0v) is 8.84. The third-order valence-corrected chi connectivity index (χ3v) is 2.10. The van der Waals surface area contributed by atoms with Gasteiger partial charge in [0.05, 0.1) is 0 Å². The van der Waals surface area contributed by atoms with E-state index in [2.05, 4.69) is 10.4 Å². The van der Waals surface area contributed by atoms with Gasteiger partial charge in [-0.15, -0.1) is 0 Å². The van der Waals surface area contributed by atoms with Crippen LogP contribution in [0.5, 0.6) is 0 Å². The number of carbonyl (C=O) groups excluding carboxylic acids is 1. The van der Waals surface area contributed by atoms with Crippen molar-refractivity contribution in [1.82, 2.24) is 9.78 Å². The van der Waals surface area contributed by atoms with E-state index in [9.17, 15) is 4.79 Å². The van der Waals surface area contributed by atoms with Crippen molar-refractivity contribution in [2.24, 2.45) is 7.05 Å². The first kappa shape index (κ1) is 10.2. The zero-order valence-electron chi connectivity index (χ0n) is 8.84. The number of aryl methyl sites for hydroxylation is 1. The number of nitrogen functional groups attached to an aromatic ring is 1. The van der Waals surface area contributed by atoms with Gasteiger partial charge in [-0.1, -0.05) is 6.07 Å². The second kappa shape index (κ2) is 4.06. The second-order valence-corrected chi connectivity index (χ2v) is 3.45. The fourth-order valence-electron chi connectivity index (χ4n) is 1.35. The Bertz CT molecular complexity index is 518. The molecule has 2 rings (SSSR count). The molecule has 1 heterocycles. The van der Waals surface area contributed by atoms with Crippen molar-refractivity contribution >= 4 is 17.4 Å². The minimum atomic E-state index is -0.217. The number of anilines is 2. The van der Waals surface area contributed by atoms with Crippen LogP contribution in [-0.4, -0.2) is 15.7 Å². The van der Waals surface area contributed by atoms with Gasteiger partial charge in [0.2, 0.25) is 0 Å². The normalized spacial score (nSPS) is 10.1. The van der Waals surface area contributed by atoms with Crippen LogP contribution in [0.25, 0.3) is 0 Å². The predicted molar refractivity (Wildman–Crippen MR) is 62.0 cm³/mol. The number of nitrogens with zero attached hydrogens (tertiary/aromatic N) is 2. The number of hydrogen-bond acceptors (Lipinski definition) is 3. The molecule has 0 radical (unpaired) electrons. The minimum Gasteiger partial charge on any atom is -0.399 e. The summed E-state index contributed by atoms with van der Waals surface area (Å²) in [7, 11) is 1.79. The SMILES string of the molecule is Cn1ccc(NC(=O)c2cccc(N)c2)n1. The number of nitrogens with one attached hydrogen (secondary N) is 1. The van der Waals surface area contributed by atoms with Gasteiger partial charge in [-0.3, -0.25) is 9.48 Å². The molecule has 3 N–H and O–H groups in total. The number of aromatic nitrogens is 2. The molecule has 0 aliphatic rings. The summed E-state index contributed by atoms with van der Waals surface area (Å²) in [5, 5.41) is 6.73. The highest BCUT2D eigenvalue weighted by molar-refractivity contribution is 6.04. The van der Waals surface area contributed by atoms with E-state index in [1.54, 1.807) is 48.3 Å². The Kier molecular flexibility index (Phi) is 2.59. The summed E-state index contributed by atoms with van der Waals surface area (Å²) in [6, 6.07) is 8.53. The standard InChI is InChI=1S/C11H12N4O/c1-15-6-5-10(14-15)13-11(16)8-3-2-4-9(12)7-8/h2-7H,12H2,1H3,(H,13,14,16). The molecule has 0 atom stereocenters. The fourth-order valence-corrected chi connectivity index (χ4v) is 1.35. The van der Waals surface area contributed by atoms with Gasteiger partial charge in [0.15, 0.2) is 5.82 Å². The topological polar surface area (TPSA) is 72.9 Å². The molecule has 0 saturated heterocycles. The fraction of sp³-hybridized carbons (Fsp3) is 0.0909. The van der Waals surface area contributed by atoms with Crippen LogP contribution in [0.3, 0.4) is 0 Å². The van der Waals surface area contributed by atoms with Crippen molar-refractivity contribution in [2.45, 2.75) is 0 Å². The van der Waals surface area contributed by atoms with Crippen LogP contribution in [0.4, 0.5) is 11.5 Å². The molecule has 1 aromatic carbocycles. The maximum atomic E-state index is 11.8. The molecule has 0 saturated carbocycles. The summed E-state index contributed by atoms with van der Waals surface area (Å²) in [6.45, 7) is 0. The third-order valence-electron chi connectivity index (χ3n) is 2.10. The van der Waals surface area contributed by atoms with Crippen molar-refractivity contribution in [3.05, 3.63) is 42.1 Å². The van der Waals surface area contributed by atoms with Crippen LogP contribution in [-0.2, 0) is 7.05 Å². The van der Waals surface area contributed by atoms with Crippen molar-refractivity contribution < 1.29 is 4.79 Å². The molecular weight excluding hydrogens is 204 g/mol. The van der Waals surface area contributed by atoms with Crippen LogP contribution in [0, 0.1) is 0 Å². The van der Waals surface area contributed by atoms with Crippen LogP contribution >= 0.6 is 0 Å². The van der Waals surface area contributed by atoms with Gasteiger partial charge in [0, 0.05) is 30.6 Å². The van der Waals surface area contributed by atoms with E-state index < -0.39 is 0 Å². The summed E-state index contributed by atoms with van der Waals surface area (Å²) in [5.74, 6) is 0.306. The molecular formula is C11H12N4O. The van der Waals surface area contributed by atoms with Gasteiger partial charge in [0.25, 0.3) is 5.91 Å². The number of rotatable bonds is 2. The van der Waals surface area contributed by atoms with Crippen LogP contribution < -0.4 is 11.1 Å². The van der Waals surface area contributed by atoms with E-state index in [0.29, 0.717) is 17.1 Å². The maximum Gasteiger partial charge on any atom is 0.256 e. The van der Waals surface area contributed by atoms with Crippen molar-refractivity contribution in [2.75, 3.05) is 11.1 Å². The first-order valence-electron chi connectivity index (χ1n) is 4.82. The molecule has 0 aliphatic carbocycles. The Morgan fingerprint density at radius 3 is 2.88 bits per heavy atom. The molecule has 0 fully saturated rings. The first-order chi connectivity index (χ1) is 7.65. The van der Waals surface area contributed by atoms with Gasteiger partial charge >= 0.3 is 0 Å². The van der Waals surface area contributed by atoms with E-state index in [-0.39, 0.29) is 5.91 Å². The van der Waals surface area contributed by atoms with Crippen LogP contribution in [0.1, 0.15) is 10.4 Å². The van der Waals surface area contributed by atoms with Crippen molar-refractivity contribution in [3.63, 3.8) is 0 Å². The Hall–Kier alpha value is -2.30. The number of carbonyl (C=O) groups is 1. The Balaban J connectivity index is 2.14. The zero-order chi connectivity index (χ0) is 11.5. The maximum absolute atomic E-state index is 11.8. The number of hydrogen-bond donors (Lipinski definition) is 2. The first-order valence-corrected chi connectivity index (χ1v) is 4.82. The Morgan fingerprint density at radius 2 is 2.25 bits per heavy atom. The largest absolute Gasteiger partial charge is 0.399 e. The lowest BCUT2D eigenvalue weighted by atomic mass is 10.2. The molecule has 82 valence electrons. The minimum absolute atomic E-state index is 0.217. The lowest BCUT2D eigenvalue weighted by Crippen LogP contribution is -2.12. The van der Waals surface area contributed by atoms with Crippen LogP contribution in [0.2, 0.25) is 0 Å². The van der Waals surface area contributed by atoms with Gasteiger partial charge in [-0.25, -0.2) is 0 Å². The summed E-state index contributed by atoms with van der Waals surface area (Å²) in [5.41, 5.74) is 6.68. The quantitative estimate of drug-likeness (QED) is 0.742. The number of benzene rings is 1. The van der Waals surface area contributed by atoms with E-state index in [0.717, 1.165) is 0 Å². The lowest BCUT2D eigenvalue weighted by molar-refractivity contribution is 0.102. The summed E-state index contributed by atoms with van der Waals surface area (Å²) >= 11 is 0. The van der Waals surface area contributed by atoms with Gasteiger partial charge in [-0.05, 0) is 18.2 Å². The van der Waals surface area contributed by atoms with E-state index in [1.165, 1.54) is 0 Å². The summed E-state index contributed by atoms with van der Waals surface area (Å²) in [6.07, 6.45) is 1.76. The highest BCUT2D eigenvalue weighted by Crippen LogP contribution is 2.09. The summed E-state index contributed by atoms with van der Waals surface area (Å²) < 4.78 is 1.62. The molecule has 5 nitrogen and oxygen atoms in total. The second-order valence-electron chi connectivity index (χ2n) is 3.45. The highest BCUT2D eigenvalue weighted by Gasteiger charge is 2.07.